The van der Waals surface area contributed by atoms with Gasteiger partial charge in [-0.25, -0.2) is 0 Å². The van der Waals surface area contributed by atoms with E-state index >= 15 is 0 Å². The Morgan fingerprint density at radius 1 is 1.26 bits per heavy atom. The van der Waals surface area contributed by atoms with E-state index in [0.29, 0.717) is 17.4 Å². The first kappa shape index (κ1) is 14.1. The zero-order valence-corrected chi connectivity index (χ0v) is 13.4. The lowest BCUT2D eigenvalue weighted by molar-refractivity contribution is 0.102. The third kappa shape index (κ3) is 2.90. The van der Waals surface area contributed by atoms with Gasteiger partial charge in [-0.15, -0.1) is 21.5 Å². The highest BCUT2D eigenvalue weighted by molar-refractivity contribution is 7.15. The van der Waals surface area contributed by atoms with Gasteiger partial charge in [0.25, 0.3) is 11.8 Å². The van der Waals surface area contributed by atoms with Crippen molar-refractivity contribution in [2.75, 3.05) is 5.32 Å². The third-order valence-electron chi connectivity index (χ3n) is 3.78. The Morgan fingerprint density at radius 2 is 2.04 bits per heavy atom. The monoisotopic (exact) mass is 325 g/mol. The molecule has 0 bridgehead atoms. The van der Waals surface area contributed by atoms with Crippen molar-refractivity contribution in [1.82, 2.24) is 10.2 Å². The molecule has 0 saturated heterocycles. The maximum Gasteiger partial charge on any atom is 0.257 e. The van der Waals surface area contributed by atoms with Crippen molar-refractivity contribution in [1.29, 1.82) is 0 Å². The Bertz CT molecular complexity index is 850. The summed E-state index contributed by atoms with van der Waals surface area (Å²) in [5, 5.41) is 11.2. The van der Waals surface area contributed by atoms with E-state index in [2.05, 4.69) is 15.5 Å². The van der Waals surface area contributed by atoms with Crippen LogP contribution in [0.25, 0.3) is 10.8 Å². The van der Waals surface area contributed by atoms with Crippen molar-refractivity contribution in [2.45, 2.75) is 25.7 Å². The highest BCUT2D eigenvalue weighted by Gasteiger charge is 2.29. The predicted molar refractivity (Wildman–Crippen MR) is 88.7 cm³/mol. The minimum atomic E-state index is -0.123. The number of anilines is 1. The van der Waals surface area contributed by atoms with Gasteiger partial charge >= 0.3 is 0 Å². The van der Waals surface area contributed by atoms with Gasteiger partial charge < -0.3 is 9.73 Å². The molecular weight excluding hydrogens is 310 g/mol. The topological polar surface area (TPSA) is 68.0 Å². The molecule has 1 saturated carbocycles. The summed E-state index contributed by atoms with van der Waals surface area (Å²) in [5.41, 5.74) is 1.42. The molecule has 3 aromatic rings. The van der Waals surface area contributed by atoms with Gasteiger partial charge in [0.15, 0.2) is 0 Å². The Morgan fingerprint density at radius 3 is 2.78 bits per heavy atom. The van der Waals surface area contributed by atoms with Crippen LogP contribution in [0.4, 0.5) is 5.69 Å². The van der Waals surface area contributed by atoms with Crippen LogP contribution in [0.3, 0.4) is 0 Å². The van der Waals surface area contributed by atoms with Crippen molar-refractivity contribution >= 4 is 22.9 Å². The molecule has 1 aliphatic rings. The molecule has 0 radical (unpaired) electrons. The number of rotatable bonds is 4. The van der Waals surface area contributed by atoms with Crippen LogP contribution in [0.5, 0.6) is 0 Å². The molecule has 1 fully saturated rings. The average molecular weight is 325 g/mol. The molecular formula is C17H15N3O2S. The smallest absolute Gasteiger partial charge is 0.257 e. The maximum atomic E-state index is 12.3. The molecule has 1 aliphatic carbocycles. The van der Waals surface area contributed by atoms with Crippen LogP contribution in [0.1, 0.15) is 39.9 Å². The Hall–Kier alpha value is -2.47. The lowest BCUT2D eigenvalue weighted by Gasteiger charge is -2.03. The molecule has 2 heterocycles. The van der Waals surface area contributed by atoms with Crippen LogP contribution < -0.4 is 5.32 Å². The molecule has 1 aromatic carbocycles. The van der Waals surface area contributed by atoms with E-state index in [4.69, 9.17) is 4.42 Å². The highest BCUT2D eigenvalue weighted by atomic mass is 32.1. The molecule has 4 rings (SSSR count). The van der Waals surface area contributed by atoms with Crippen LogP contribution >= 0.6 is 11.3 Å². The SMILES string of the molecule is Cc1sc(-c2nnc(C3CC3)o2)cc1NC(=O)c1ccccc1. The Kier molecular flexibility index (Phi) is 3.46. The van der Waals surface area contributed by atoms with E-state index in [1.165, 1.54) is 11.3 Å². The van der Waals surface area contributed by atoms with E-state index in [1.807, 2.05) is 31.2 Å². The lowest BCUT2D eigenvalue weighted by atomic mass is 10.2. The number of nitrogens with one attached hydrogen (secondary N) is 1. The predicted octanol–water partition coefficient (Wildman–Crippen LogP) is 4.24. The summed E-state index contributed by atoms with van der Waals surface area (Å²) in [6.07, 6.45) is 2.26. The fourth-order valence-corrected chi connectivity index (χ4v) is 3.22. The van der Waals surface area contributed by atoms with Crippen molar-refractivity contribution in [3.8, 4) is 10.8 Å². The third-order valence-corrected chi connectivity index (χ3v) is 4.82. The summed E-state index contributed by atoms with van der Waals surface area (Å²) in [6, 6.07) is 11.1. The molecule has 0 spiro atoms. The molecule has 0 atom stereocenters. The summed E-state index contributed by atoms with van der Waals surface area (Å²) in [5.74, 6) is 1.57. The van der Waals surface area contributed by atoms with Gasteiger partial charge in [0, 0.05) is 16.4 Å². The molecule has 1 N–H and O–H groups in total. The quantitative estimate of drug-likeness (QED) is 0.779. The first-order chi connectivity index (χ1) is 11.2. The summed E-state index contributed by atoms with van der Waals surface area (Å²) >= 11 is 1.54. The van der Waals surface area contributed by atoms with Crippen LogP contribution in [-0.4, -0.2) is 16.1 Å². The van der Waals surface area contributed by atoms with Crippen molar-refractivity contribution < 1.29 is 9.21 Å². The molecule has 0 unspecified atom stereocenters. The number of aryl methyl sites for hydroxylation is 1. The van der Waals surface area contributed by atoms with Crippen molar-refractivity contribution in [3.05, 3.63) is 52.7 Å². The van der Waals surface area contributed by atoms with Gasteiger partial charge in [-0.3, -0.25) is 4.79 Å². The summed E-state index contributed by atoms with van der Waals surface area (Å²) in [4.78, 5) is 14.1. The minimum Gasteiger partial charge on any atom is -0.420 e. The van der Waals surface area contributed by atoms with E-state index in [9.17, 15) is 4.79 Å². The minimum absolute atomic E-state index is 0.123. The fourth-order valence-electron chi connectivity index (χ4n) is 2.33. The highest BCUT2D eigenvalue weighted by Crippen LogP contribution is 2.41. The molecule has 2 aromatic heterocycles. The number of benzene rings is 1. The maximum absolute atomic E-state index is 12.3. The summed E-state index contributed by atoms with van der Waals surface area (Å²) < 4.78 is 5.73. The van der Waals surface area contributed by atoms with Gasteiger partial charge in [0.1, 0.15) is 0 Å². The number of carbonyl (C=O) groups is 1. The van der Waals surface area contributed by atoms with Crippen molar-refractivity contribution in [2.24, 2.45) is 0 Å². The first-order valence-electron chi connectivity index (χ1n) is 7.51. The summed E-state index contributed by atoms with van der Waals surface area (Å²) in [6.45, 7) is 1.97. The average Bonchev–Trinajstić information content (AvgIpc) is 3.19. The van der Waals surface area contributed by atoms with Gasteiger partial charge in [-0.05, 0) is 38.0 Å². The van der Waals surface area contributed by atoms with E-state index in [-0.39, 0.29) is 5.91 Å². The molecule has 6 heteroatoms. The van der Waals surface area contributed by atoms with Gasteiger partial charge in [-0.1, -0.05) is 18.2 Å². The lowest BCUT2D eigenvalue weighted by Crippen LogP contribution is -2.11. The standard InChI is InChI=1S/C17H15N3O2S/c1-10-13(18-15(21)11-5-3-2-4-6-11)9-14(23-10)17-20-19-16(22-17)12-7-8-12/h2-6,9,12H,7-8H2,1H3,(H,18,21). The molecule has 5 nitrogen and oxygen atoms in total. The summed E-state index contributed by atoms with van der Waals surface area (Å²) in [7, 11) is 0. The number of hydrogen-bond acceptors (Lipinski definition) is 5. The normalized spacial score (nSPS) is 14.0. The second kappa shape index (κ2) is 5.62. The Balaban J connectivity index is 1.55. The number of hydrogen-bond donors (Lipinski definition) is 1. The molecule has 23 heavy (non-hydrogen) atoms. The second-order valence-corrected chi connectivity index (χ2v) is 6.88. The van der Waals surface area contributed by atoms with Crippen molar-refractivity contribution in [3.63, 3.8) is 0 Å². The number of aromatic nitrogens is 2. The van der Waals surface area contributed by atoms with E-state index in [0.717, 1.165) is 34.2 Å². The molecule has 1 amide bonds. The van der Waals surface area contributed by atoms with Gasteiger partial charge in [0.05, 0.1) is 10.6 Å². The van der Waals surface area contributed by atoms with E-state index < -0.39 is 0 Å². The zero-order valence-electron chi connectivity index (χ0n) is 12.6. The molecule has 116 valence electrons. The number of thiophene rings is 1. The molecule has 0 aliphatic heterocycles. The first-order valence-corrected chi connectivity index (χ1v) is 8.33. The largest absolute Gasteiger partial charge is 0.420 e. The Labute approximate surface area is 137 Å². The fraction of sp³-hybridized carbons (Fsp3) is 0.235. The number of carbonyl (C=O) groups excluding carboxylic acids is 1. The van der Waals surface area contributed by atoms with Gasteiger partial charge in [0.2, 0.25) is 5.89 Å². The van der Waals surface area contributed by atoms with Crippen LogP contribution in [0.2, 0.25) is 0 Å². The zero-order chi connectivity index (χ0) is 15.8. The second-order valence-electron chi connectivity index (χ2n) is 5.62. The van der Waals surface area contributed by atoms with Crippen LogP contribution in [0.15, 0.2) is 40.8 Å². The van der Waals surface area contributed by atoms with Crippen LogP contribution in [0, 0.1) is 6.92 Å². The van der Waals surface area contributed by atoms with E-state index in [1.54, 1.807) is 12.1 Å². The number of amides is 1. The number of nitrogens with zero attached hydrogens (tertiary/aromatic N) is 2. The van der Waals surface area contributed by atoms with Gasteiger partial charge in [-0.2, -0.15) is 0 Å². The van der Waals surface area contributed by atoms with Crippen LogP contribution in [-0.2, 0) is 0 Å².